The molecule has 0 aromatic heterocycles. The van der Waals surface area contributed by atoms with Crippen molar-refractivity contribution in [2.24, 2.45) is 5.73 Å². The third kappa shape index (κ3) is 1.86. The fourth-order valence-corrected chi connectivity index (χ4v) is 1.45. The van der Waals surface area contributed by atoms with E-state index in [2.05, 4.69) is 10.6 Å². The first-order valence-corrected chi connectivity index (χ1v) is 4.35. The van der Waals surface area contributed by atoms with E-state index < -0.39 is 0 Å². The molecule has 1 saturated heterocycles. The third-order valence-electron chi connectivity index (χ3n) is 1.34. The van der Waals surface area contributed by atoms with Crippen LogP contribution in [-0.4, -0.2) is 23.8 Å². The minimum absolute atomic E-state index is 0.0191. The Bertz CT molecular complexity index is 141. The van der Waals surface area contributed by atoms with E-state index in [0.717, 1.165) is 0 Å². The second-order valence-electron chi connectivity index (χ2n) is 2.14. The molecule has 1 aliphatic rings. The quantitative estimate of drug-likeness (QED) is 0.463. The molecule has 2 atom stereocenters. The van der Waals surface area contributed by atoms with Gasteiger partial charge in [-0.3, -0.25) is 15.8 Å². The summed E-state index contributed by atoms with van der Waals surface area (Å²) in [4.78, 5) is 10.8. The lowest BCUT2D eigenvalue weighted by Gasteiger charge is -2.27. The minimum atomic E-state index is -0.376. The van der Waals surface area contributed by atoms with Crippen molar-refractivity contribution in [1.29, 1.82) is 0 Å². The zero-order valence-electron chi connectivity index (χ0n) is 5.76. The van der Waals surface area contributed by atoms with Crippen molar-refractivity contribution < 1.29 is 4.79 Å². The second kappa shape index (κ2) is 3.23. The summed E-state index contributed by atoms with van der Waals surface area (Å²) in [6, 6.07) is 0. The van der Waals surface area contributed by atoms with Gasteiger partial charge in [-0.05, 0) is 6.26 Å². The monoisotopic (exact) mass is 161 g/mol. The standard InChI is InChI=1S/C5H11N3OS/c1-10-4-2-3(9)7-5(6)8-4/h4-5,8H,2,6H2,1H3,(H,7,9). The van der Waals surface area contributed by atoms with Crippen molar-refractivity contribution in [2.75, 3.05) is 6.26 Å². The fourth-order valence-electron chi connectivity index (χ4n) is 0.853. The van der Waals surface area contributed by atoms with E-state index in [-0.39, 0.29) is 17.6 Å². The van der Waals surface area contributed by atoms with Crippen LogP contribution in [0.15, 0.2) is 0 Å². The lowest BCUT2D eigenvalue weighted by molar-refractivity contribution is -0.123. The molecule has 0 aliphatic carbocycles. The first-order chi connectivity index (χ1) is 4.72. The van der Waals surface area contributed by atoms with E-state index in [9.17, 15) is 4.79 Å². The molecular formula is C5H11N3OS. The zero-order chi connectivity index (χ0) is 7.56. The van der Waals surface area contributed by atoms with Crippen molar-refractivity contribution in [3.05, 3.63) is 0 Å². The van der Waals surface area contributed by atoms with E-state index in [0.29, 0.717) is 6.42 Å². The Morgan fingerprint density at radius 3 is 3.00 bits per heavy atom. The Hall–Kier alpha value is -0.260. The van der Waals surface area contributed by atoms with E-state index in [1.54, 1.807) is 11.8 Å². The van der Waals surface area contributed by atoms with Crippen LogP contribution in [0.1, 0.15) is 6.42 Å². The van der Waals surface area contributed by atoms with Gasteiger partial charge >= 0.3 is 0 Å². The van der Waals surface area contributed by atoms with E-state index >= 15 is 0 Å². The van der Waals surface area contributed by atoms with Crippen LogP contribution in [0, 0.1) is 0 Å². The first-order valence-electron chi connectivity index (χ1n) is 3.06. The summed E-state index contributed by atoms with van der Waals surface area (Å²) in [7, 11) is 0. The molecule has 1 amide bonds. The average molecular weight is 161 g/mol. The molecule has 0 aromatic carbocycles. The highest BCUT2D eigenvalue weighted by molar-refractivity contribution is 7.99. The Balaban J connectivity index is 2.42. The zero-order valence-corrected chi connectivity index (χ0v) is 6.57. The summed E-state index contributed by atoms with van der Waals surface area (Å²) in [5.41, 5.74) is 5.43. The summed E-state index contributed by atoms with van der Waals surface area (Å²) < 4.78 is 0. The highest BCUT2D eigenvalue weighted by Gasteiger charge is 2.21. The third-order valence-corrected chi connectivity index (χ3v) is 2.21. The van der Waals surface area contributed by atoms with Gasteiger partial charge in [-0.25, -0.2) is 0 Å². The average Bonchev–Trinajstić information content (AvgIpc) is 1.85. The molecular weight excluding hydrogens is 150 g/mol. The van der Waals surface area contributed by atoms with Crippen LogP contribution in [0.25, 0.3) is 0 Å². The van der Waals surface area contributed by atoms with Crippen LogP contribution in [0.2, 0.25) is 0 Å². The van der Waals surface area contributed by atoms with Crippen LogP contribution < -0.4 is 16.4 Å². The molecule has 1 aliphatic heterocycles. The molecule has 0 saturated carbocycles. The summed E-state index contributed by atoms with van der Waals surface area (Å²) in [6.45, 7) is 0. The Kier molecular flexibility index (Phi) is 2.53. The molecule has 0 radical (unpaired) electrons. The van der Waals surface area contributed by atoms with Gasteiger partial charge in [0.2, 0.25) is 5.91 Å². The lowest BCUT2D eigenvalue weighted by Crippen LogP contribution is -2.59. The predicted octanol–water partition coefficient (Wildman–Crippen LogP) is -0.973. The number of carbonyl (C=O) groups excluding carboxylic acids is 1. The highest BCUT2D eigenvalue weighted by atomic mass is 32.2. The smallest absolute Gasteiger partial charge is 0.224 e. The number of nitrogens with one attached hydrogen (secondary N) is 2. The van der Waals surface area contributed by atoms with Crippen molar-refractivity contribution in [2.45, 2.75) is 18.1 Å². The number of hydrogen-bond donors (Lipinski definition) is 3. The molecule has 1 rings (SSSR count). The topological polar surface area (TPSA) is 67.2 Å². The fraction of sp³-hybridized carbons (Fsp3) is 0.800. The summed E-state index contributed by atoms with van der Waals surface area (Å²) in [5.74, 6) is 0.0191. The van der Waals surface area contributed by atoms with Gasteiger partial charge in [0.15, 0.2) is 0 Å². The largest absolute Gasteiger partial charge is 0.328 e. The van der Waals surface area contributed by atoms with Crippen LogP contribution in [-0.2, 0) is 4.79 Å². The number of thioether (sulfide) groups is 1. The lowest BCUT2D eigenvalue weighted by atomic mass is 10.3. The van der Waals surface area contributed by atoms with Gasteiger partial charge in [0, 0.05) is 0 Å². The summed E-state index contributed by atoms with van der Waals surface area (Å²) in [6.07, 6.45) is 2.08. The van der Waals surface area contributed by atoms with Crippen LogP contribution in [0.3, 0.4) is 0 Å². The van der Waals surface area contributed by atoms with Gasteiger partial charge in [-0.2, -0.15) is 0 Å². The van der Waals surface area contributed by atoms with Gasteiger partial charge < -0.3 is 5.32 Å². The number of carbonyl (C=O) groups is 1. The van der Waals surface area contributed by atoms with Crippen molar-refractivity contribution in [3.8, 4) is 0 Å². The predicted molar refractivity (Wildman–Crippen MR) is 41.2 cm³/mol. The molecule has 58 valence electrons. The number of nitrogens with two attached hydrogens (primary N) is 1. The van der Waals surface area contributed by atoms with Crippen LogP contribution >= 0.6 is 11.8 Å². The molecule has 10 heavy (non-hydrogen) atoms. The van der Waals surface area contributed by atoms with Crippen LogP contribution in [0.5, 0.6) is 0 Å². The van der Waals surface area contributed by atoms with Crippen molar-refractivity contribution in [3.63, 3.8) is 0 Å². The number of rotatable bonds is 1. The highest BCUT2D eigenvalue weighted by Crippen LogP contribution is 2.09. The summed E-state index contributed by atoms with van der Waals surface area (Å²) >= 11 is 1.60. The normalized spacial score (nSPS) is 33.6. The maximum atomic E-state index is 10.8. The molecule has 2 unspecified atom stereocenters. The summed E-state index contributed by atoms with van der Waals surface area (Å²) in [5, 5.41) is 5.73. The van der Waals surface area contributed by atoms with E-state index in [1.165, 1.54) is 0 Å². The molecule has 5 heteroatoms. The van der Waals surface area contributed by atoms with Gasteiger partial charge in [0.1, 0.15) is 6.29 Å². The molecule has 4 N–H and O–H groups in total. The molecule has 0 aromatic rings. The van der Waals surface area contributed by atoms with Crippen molar-refractivity contribution >= 4 is 17.7 Å². The molecule has 1 heterocycles. The first kappa shape index (κ1) is 7.84. The van der Waals surface area contributed by atoms with Crippen LogP contribution in [0.4, 0.5) is 0 Å². The van der Waals surface area contributed by atoms with E-state index in [4.69, 9.17) is 5.73 Å². The Morgan fingerprint density at radius 2 is 2.50 bits per heavy atom. The molecule has 0 bridgehead atoms. The molecule has 1 fully saturated rings. The Labute approximate surface area is 63.9 Å². The maximum Gasteiger partial charge on any atom is 0.224 e. The van der Waals surface area contributed by atoms with Gasteiger partial charge in [-0.1, -0.05) is 0 Å². The van der Waals surface area contributed by atoms with Gasteiger partial charge in [0.25, 0.3) is 0 Å². The van der Waals surface area contributed by atoms with E-state index in [1.807, 2.05) is 6.26 Å². The maximum absolute atomic E-state index is 10.8. The molecule has 0 spiro atoms. The van der Waals surface area contributed by atoms with Gasteiger partial charge in [-0.15, -0.1) is 11.8 Å². The number of hydrogen-bond acceptors (Lipinski definition) is 4. The van der Waals surface area contributed by atoms with Crippen molar-refractivity contribution in [1.82, 2.24) is 10.6 Å². The second-order valence-corrected chi connectivity index (χ2v) is 3.18. The molecule has 4 nitrogen and oxygen atoms in total. The number of amides is 1. The van der Waals surface area contributed by atoms with Gasteiger partial charge in [0.05, 0.1) is 11.8 Å². The minimum Gasteiger partial charge on any atom is -0.328 e. The Morgan fingerprint density at radius 1 is 1.80 bits per heavy atom. The SMILES string of the molecule is CSC1CC(=O)NC(N)N1.